The normalized spacial score (nSPS) is 11.9. The van der Waals surface area contributed by atoms with Crippen LogP contribution < -0.4 is 5.46 Å². The molecular formula is C25H19BN2. The maximum atomic E-state index is 2.39. The first-order chi connectivity index (χ1) is 13.8. The van der Waals surface area contributed by atoms with E-state index in [2.05, 4.69) is 109 Å². The van der Waals surface area contributed by atoms with Crippen LogP contribution in [0.5, 0.6) is 0 Å². The average Bonchev–Trinajstić information content (AvgIpc) is 3.22. The summed E-state index contributed by atoms with van der Waals surface area (Å²) < 4.78 is 4.78. The van der Waals surface area contributed by atoms with Gasteiger partial charge in [-0.3, -0.25) is 0 Å². The Morgan fingerprint density at radius 1 is 0.536 bits per heavy atom. The van der Waals surface area contributed by atoms with E-state index >= 15 is 0 Å². The second-order valence-corrected chi connectivity index (χ2v) is 7.60. The van der Waals surface area contributed by atoms with Crippen LogP contribution in [0.2, 0.25) is 0 Å². The standard InChI is InChI=1S/C25H19BN2/c1-16-8-6-14-22-24(16)17-9-2-4-12-20(17)27(22)28-21-13-5-3-10-18(21)25-19(26)11-7-15-23(25)28/h2-15H,26H2,1H3. The molecule has 0 fully saturated rings. The zero-order chi connectivity index (χ0) is 18.8. The molecule has 4 aromatic carbocycles. The number of nitrogens with zero attached hydrogens (tertiary/aromatic N) is 2. The van der Waals surface area contributed by atoms with Gasteiger partial charge in [0.15, 0.2) is 0 Å². The third-order valence-corrected chi connectivity index (χ3v) is 5.96. The topological polar surface area (TPSA) is 9.86 Å². The SMILES string of the molecule is Bc1cccc2c1c1ccccc1n2-n1c2ccccc2c2c(C)cccc21. The molecule has 3 heteroatoms. The van der Waals surface area contributed by atoms with E-state index in [0.29, 0.717) is 0 Å². The van der Waals surface area contributed by atoms with Gasteiger partial charge in [0.1, 0.15) is 7.85 Å². The molecule has 0 aliphatic carbocycles. The van der Waals surface area contributed by atoms with Crippen molar-refractivity contribution in [1.82, 2.24) is 9.35 Å². The van der Waals surface area contributed by atoms with Crippen molar-refractivity contribution in [1.29, 1.82) is 0 Å². The minimum Gasteiger partial charge on any atom is -0.248 e. The van der Waals surface area contributed by atoms with Crippen molar-refractivity contribution in [2.45, 2.75) is 6.92 Å². The number of aromatic nitrogens is 2. The maximum absolute atomic E-state index is 2.39. The molecule has 0 atom stereocenters. The predicted molar refractivity (Wildman–Crippen MR) is 123 cm³/mol. The smallest absolute Gasteiger partial charge is 0.140 e. The van der Waals surface area contributed by atoms with Crippen molar-refractivity contribution < 1.29 is 0 Å². The lowest BCUT2D eigenvalue weighted by Gasteiger charge is -2.13. The lowest BCUT2D eigenvalue weighted by molar-refractivity contribution is 0.775. The van der Waals surface area contributed by atoms with Gasteiger partial charge in [-0.1, -0.05) is 66.1 Å². The van der Waals surface area contributed by atoms with Gasteiger partial charge in [-0.2, -0.15) is 0 Å². The van der Waals surface area contributed by atoms with E-state index < -0.39 is 0 Å². The van der Waals surface area contributed by atoms with Gasteiger partial charge in [0.05, 0.1) is 22.1 Å². The van der Waals surface area contributed by atoms with Gasteiger partial charge in [0, 0.05) is 21.5 Å². The van der Waals surface area contributed by atoms with E-state index in [-0.39, 0.29) is 0 Å². The minimum absolute atomic E-state index is 1.23. The van der Waals surface area contributed by atoms with Gasteiger partial charge in [0.25, 0.3) is 0 Å². The average molecular weight is 358 g/mol. The number of fused-ring (bicyclic) bond motifs is 6. The van der Waals surface area contributed by atoms with Gasteiger partial charge in [0.2, 0.25) is 0 Å². The number of aryl methyl sites for hydroxylation is 1. The summed E-state index contributed by atoms with van der Waals surface area (Å²) in [6.07, 6.45) is 0. The second-order valence-electron chi connectivity index (χ2n) is 7.60. The number of para-hydroxylation sites is 2. The zero-order valence-electron chi connectivity index (χ0n) is 16.0. The first kappa shape index (κ1) is 15.6. The van der Waals surface area contributed by atoms with Crippen LogP contribution in [0.1, 0.15) is 5.56 Å². The number of hydrogen-bond acceptors (Lipinski definition) is 0. The van der Waals surface area contributed by atoms with E-state index in [0.717, 1.165) is 0 Å². The number of benzene rings is 4. The van der Waals surface area contributed by atoms with E-state index in [1.807, 2.05) is 0 Å². The Bertz CT molecular complexity index is 1420. The Labute approximate surface area is 164 Å². The second kappa shape index (κ2) is 5.52. The maximum Gasteiger partial charge on any atom is 0.140 e. The van der Waals surface area contributed by atoms with Crippen LogP contribution in [-0.4, -0.2) is 17.2 Å². The number of rotatable bonds is 1. The van der Waals surface area contributed by atoms with Crippen molar-refractivity contribution in [3.05, 3.63) is 90.5 Å². The van der Waals surface area contributed by atoms with Crippen LogP contribution in [-0.2, 0) is 0 Å². The summed E-state index contributed by atoms with van der Waals surface area (Å²) in [6, 6.07) is 30.7. The van der Waals surface area contributed by atoms with Crippen LogP contribution >= 0.6 is 0 Å². The Balaban J connectivity index is 1.94. The molecule has 2 nitrogen and oxygen atoms in total. The van der Waals surface area contributed by atoms with Crippen LogP contribution in [0.15, 0.2) is 84.9 Å². The van der Waals surface area contributed by atoms with Crippen LogP contribution in [0.4, 0.5) is 0 Å². The quantitative estimate of drug-likeness (QED) is 0.375. The molecule has 0 bridgehead atoms. The molecule has 28 heavy (non-hydrogen) atoms. The third kappa shape index (κ3) is 1.88. The molecule has 0 spiro atoms. The largest absolute Gasteiger partial charge is 0.248 e. The van der Waals surface area contributed by atoms with Crippen LogP contribution in [0, 0.1) is 6.92 Å². The highest BCUT2D eigenvalue weighted by atomic mass is 15.5. The molecule has 0 radical (unpaired) electrons. The molecule has 0 saturated carbocycles. The summed E-state index contributed by atoms with van der Waals surface area (Å²) in [4.78, 5) is 0. The van der Waals surface area contributed by atoms with Crippen molar-refractivity contribution in [2.24, 2.45) is 0 Å². The van der Waals surface area contributed by atoms with Crippen molar-refractivity contribution in [3.63, 3.8) is 0 Å². The van der Waals surface area contributed by atoms with E-state index in [1.165, 1.54) is 54.6 Å². The van der Waals surface area contributed by atoms with E-state index in [4.69, 9.17) is 0 Å². The fraction of sp³-hybridized carbons (Fsp3) is 0.0400. The van der Waals surface area contributed by atoms with Gasteiger partial charge in [-0.25, -0.2) is 9.35 Å². The first-order valence-electron chi connectivity index (χ1n) is 9.74. The summed E-state index contributed by atoms with van der Waals surface area (Å²) in [7, 11) is 2.20. The summed E-state index contributed by atoms with van der Waals surface area (Å²) in [5, 5.41) is 5.26. The third-order valence-electron chi connectivity index (χ3n) is 5.96. The fourth-order valence-corrected chi connectivity index (χ4v) is 4.79. The summed E-state index contributed by atoms with van der Waals surface area (Å²) in [6.45, 7) is 2.20. The lowest BCUT2D eigenvalue weighted by Crippen LogP contribution is -2.09. The van der Waals surface area contributed by atoms with E-state index in [9.17, 15) is 0 Å². The van der Waals surface area contributed by atoms with Gasteiger partial charge >= 0.3 is 0 Å². The molecule has 0 unspecified atom stereocenters. The van der Waals surface area contributed by atoms with Gasteiger partial charge < -0.3 is 0 Å². The molecule has 2 aromatic heterocycles. The molecule has 2 heterocycles. The van der Waals surface area contributed by atoms with Crippen molar-refractivity contribution >= 4 is 56.9 Å². The highest BCUT2D eigenvalue weighted by Gasteiger charge is 2.18. The van der Waals surface area contributed by atoms with Gasteiger partial charge in [-0.05, 0) is 36.8 Å². The molecule has 6 aromatic rings. The molecule has 132 valence electrons. The van der Waals surface area contributed by atoms with Crippen LogP contribution in [0.3, 0.4) is 0 Å². The summed E-state index contributed by atoms with van der Waals surface area (Å²) in [5.74, 6) is 0. The number of hydrogen-bond donors (Lipinski definition) is 0. The fourth-order valence-electron chi connectivity index (χ4n) is 4.79. The predicted octanol–water partition coefficient (Wildman–Crippen LogP) is 4.78. The Kier molecular flexibility index (Phi) is 3.08. The molecule has 0 amide bonds. The highest BCUT2D eigenvalue weighted by molar-refractivity contribution is 6.41. The molecule has 6 rings (SSSR count). The molecule has 0 aliphatic heterocycles. The molecular weight excluding hydrogens is 339 g/mol. The molecule has 0 aliphatic rings. The summed E-state index contributed by atoms with van der Waals surface area (Å²) >= 11 is 0. The highest BCUT2D eigenvalue weighted by Crippen LogP contribution is 2.35. The Morgan fingerprint density at radius 2 is 1.04 bits per heavy atom. The Morgan fingerprint density at radius 3 is 1.71 bits per heavy atom. The zero-order valence-corrected chi connectivity index (χ0v) is 16.0. The molecule has 0 N–H and O–H groups in total. The van der Waals surface area contributed by atoms with Crippen molar-refractivity contribution in [2.75, 3.05) is 0 Å². The minimum atomic E-state index is 1.23. The molecule has 0 saturated heterocycles. The van der Waals surface area contributed by atoms with E-state index in [1.54, 1.807) is 0 Å². The monoisotopic (exact) mass is 358 g/mol. The summed E-state index contributed by atoms with van der Waals surface area (Å²) in [5.41, 5.74) is 7.57. The lowest BCUT2D eigenvalue weighted by atomic mass is 9.91. The van der Waals surface area contributed by atoms with Gasteiger partial charge in [-0.15, -0.1) is 0 Å². The first-order valence-corrected chi connectivity index (χ1v) is 9.74. The van der Waals surface area contributed by atoms with Crippen molar-refractivity contribution in [3.8, 4) is 0 Å². The Hall–Kier alpha value is -3.46. The van der Waals surface area contributed by atoms with Crippen LogP contribution in [0.25, 0.3) is 43.6 Å².